The Morgan fingerprint density at radius 1 is 1.36 bits per heavy atom. The highest BCUT2D eigenvalue weighted by molar-refractivity contribution is 5.94. The van der Waals surface area contributed by atoms with Crippen LogP contribution in [0.15, 0.2) is 34.7 Å². The van der Waals surface area contributed by atoms with E-state index in [4.69, 9.17) is 4.42 Å². The molecule has 2 heterocycles. The third-order valence-electron chi connectivity index (χ3n) is 3.78. The number of halogens is 1. The number of hydrogen-bond donors (Lipinski definition) is 1. The average Bonchev–Trinajstić information content (AvgIpc) is 2.90. The van der Waals surface area contributed by atoms with Crippen LogP contribution in [0.2, 0.25) is 0 Å². The lowest BCUT2D eigenvalue weighted by Crippen LogP contribution is -2.52. The first-order valence-corrected chi connectivity index (χ1v) is 7.21. The van der Waals surface area contributed by atoms with Crippen LogP contribution in [-0.2, 0) is 0 Å². The molecule has 1 aromatic heterocycles. The van der Waals surface area contributed by atoms with Crippen LogP contribution in [0.5, 0.6) is 0 Å². The van der Waals surface area contributed by atoms with E-state index in [1.165, 1.54) is 0 Å². The Morgan fingerprint density at radius 3 is 2.77 bits per heavy atom. The van der Waals surface area contributed by atoms with Crippen LogP contribution in [0.25, 0.3) is 11.5 Å². The van der Waals surface area contributed by atoms with Crippen LogP contribution >= 0.6 is 12.4 Å². The number of carbonyl (C=O) groups is 1. The van der Waals surface area contributed by atoms with Gasteiger partial charge in [0.05, 0.1) is 0 Å². The standard InChI is InChI=1S/C16H19N3O2.ClH/c1-11-10-17-8-9-19(11)16(20)14-12(2)21-15(18-14)13-6-4-3-5-7-13;/h3-7,11,17H,8-10H2,1-2H3;1H/t11-;/m1./s1. The van der Waals surface area contributed by atoms with Gasteiger partial charge in [-0.25, -0.2) is 4.98 Å². The van der Waals surface area contributed by atoms with E-state index in [1.54, 1.807) is 6.92 Å². The lowest BCUT2D eigenvalue weighted by molar-refractivity contribution is 0.0648. The topological polar surface area (TPSA) is 58.4 Å². The lowest BCUT2D eigenvalue weighted by atomic mass is 10.2. The van der Waals surface area contributed by atoms with Crippen molar-refractivity contribution in [3.05, 3.63) is 41.8 Å². The molecule has 6 heteroatoms. The van der Waals surface area contributed by atoms with Crippen molar-refractivity contribution in [2.75, 3.05) is 19.6 Å². The molecule has 2 aromatic rings. The quantitative estimate of drug-likeness (QED) is 0.923. The maximum absolute atomic E-state index is 12.7. The van der Waals surface area contributed by atoms with E-state index in [0.717, 1.165) is 18.7 Å². The molecule has 0 radical (unpaired) electrons. The molecule has 5 nitrogen and oxygen atoms in total. The first-order valence-electron chi connectivity index (χ1n) is 7.21. The zero-order valence-electron chi connectivity index (χ0n) is 12.7. The fourth-order valence-electron chi connectivity index (χ4n) is 2.58. The van der Waals surface area contributed by atoms with Gasteiger partial charge in [0.2, 0.25) is 5.89 Å². The fraction of sp³-hybridized carbons (Fsp3) is 0.375. The van der Waals surface area contributed by atoms with Gasteiger partial charge in [-0.15, -0.1) is 12.4 Å². The Morgan fingerprint density at radius 2 is 2.09 bits per heavy atom. The highest BCUT2D eigenvalue weighted by Crippen LogP contribution is 2.22. The first kappa shape index (κ1) is 16.5. The lowest BCUT2D eigenvalue weighted by Gasteiger charge is -2.33. The van der Waals surface area contributed by atoms with Crippen molar-refractivity contribution in [3.8, 4) is 11.5 Å². The summed E-state index contributed by atoms with van der Waals surface area (Å²) in [5.41, 5.74) is 1.30. The number of carbonyl (C=O) groups excluding carboxylic acids is 1. The van der Waals surface area contributed by atoms with E-state index in [-0.39, 0.29) is 24.4 Å². The number of piperazine rings is 1. The van der Waals surface area contributed by atoms with Gasteiger partial charge in [-0.05, 0) is 26.0 Å². The summed E-state index contributed by atoms with van der Waals surface area (Å²) in [5.74, 6) is 1.02. The number of amides is 1. The zero-order chi connectivity index (χ0) is 14.8. The van der Waals surface area contributed by atoms with E-state index >= 15 is 0 Å². The minimum absolute atomic E-state index is 0. The van der Waals surface area contributed by atoms with Gasteiger partial charge in [0.1, 0.15) is 5.76 Å². The third-order valence-corrected chi connectivity index (χ3v) is 3.78. The second-order valence-corrected chi connectivity index (χ2v) is 5.34. The van der Waals surface area contributed by atoms with Gasteiger partial charge in [-0.3, -0.25) is 4.79 Å². The summed E-state index contributed by atoms with van der Waals surface area (Å²) in [6.45, 7) is 6.16. The second-order valence-electron chi connectivity index (χ2n) is 5.34. The minimum Gasteiger partial charge on any atom is -0.441 e. The smallest absolute Gasteiger partial charge is 0.276 e. The molecule has 0 spiro atoms. The molecule has 1 fully saturated rings. The molecule has 0 aliphatic carbocycles. The zero-order valence-corrected chi connectivity index (χ0v) is 13.5. The molecule has 1 amide bonds. The largest absolute Gasteiger partial charge is 0.441 e. The molecule has 22 heavy (non-hydrogen) atoms. The molecular weight excluding hydrogens is 302 g/mol. The van der Waals surface area contributed by atoms with E-state index in [1.807, 2.05) is 42.2 Å². The number of nitrogens with zero attached hydrogens (tertiary/aromatic N) is 2. The van der Waals surface area contributed by atoms with Crippen molar-refractivity contribution in [2.24, 2.45) is 0 Å². The Kier molecular flexibility index (Phi) is 5.21. The van der Waals surface area contributed by atoms with Gasteiger partial charge in [0.15, 0.2) is 5.69 Å². The third kappa shape index (κ3) is 3.15. The molecule has 1 aliphatic rings. The fourth-order valence-corrected chi connectivity index (χ4v) is 2.58. The van der Waals surface area contributed by atoms with Crippen LogP contribution in [0.3, 0.4) is 0 Å². The van der Waals surface area contributed by atoms with E-state index in [2.05, 4.69) is 10.3 Å². The monoisotopic (exact) mass is 321 g/mol. The molecule has 0 bridgehead atoms. The summed E-state index contributed by atoms with van der Waals surface area (Å²) in [6, 6.07) is 9.81. The van der Waals surface area contributed by atoms with Gasteiger partial charge in [-0.2, -0.15) is 0 Å². The van der Waals surface area contributed by atoms with Gasteiger partial charge < -0.3 is 14.6 Å². The van der Waals surface area contributed by atoms with Crippen molar-refractivity contribution in [3.63, 3.8) is 0 Å². The molecule has 1 atom stereocenters. The van der Waals surface area contributed by atoms with Crippen molar-refractivity contribution >= 4 is 18.3 Å². The number of nitrogens with one attached hydrogen (secondary N) is 1. The Bertz CT molecular complexity index is 642. The molecular formula is C16H20ClN3O2. The normalized spacial score (nSPS) is 17.9. The Hall–Kier alpha value is -1.85. The number of benzene rings is 1. The number of aryl methyl sites for hydroxylation is 1. The average molecular weight is 322 g/mol. The van der Waals surface area contributed by atoms with E-state index in [9.17, 15) is 4.79 Å². The minimum atomic E-state index is -0.0487. The predicted molar refractivity (Wildman–Crippen MR) is 87.3 cm³/mol. The van der Waals surface area contributed by atoms with Crippen LogP contribution in [0.1, 0.15) is 23.2 Å². The summed E-state index contributed by atoms with van der Waals surface area (Å²) >= 11 is 0. The SMILES string of the molecule is Cc1oc(-c2ccccc2)nc1C(=O)N1CCNC[C@H]1C.Cl. The van der Waals surface area contributed by atoms with Crippen LogP contribution in [0, 0.1) is 6.92 Å². The molecule has 1 saturated heterocycles. The summed E-state index contributed by atoms with van der Waals surface area (Å²) in [5, 5.41) is 3.28. The van der Waals surface area contributed by atoms with Crippen molar-refractivity contribution in [1.82, 2.24) is 15.2 Å². The van der Waals surface area contributed by atoms with E-state index < -0.39 is 0 Å². The van der Waals surface area contributed by atoms with Crippen molar-refractivity contribution < 1.29 is 9.21 Å². The van der Waals surface area contributed by atoms with Crippen molar-refractivity contribution in [2.45, 2.75) is 19.9 Å². The van der Waals surface area contributed by atoms with Gasteiger partial charge in [0.25, 0.3) is 5.91 Å². The van der Waals surface area contributed by atoms with Gasteiger partial charge in [-0.1, -0.05) is 18.2 Å². The highest BCUT2D eigenvalue weighted by Gasteiger charge is 2.28. The summed E-state index contributed by atoms with van der Waals surface area (Å²) in [4.78, 5) is 18.9. The predicted octanol–water partition coefficient (Wildman–Crippen LogP) is 2.51. The Labute approximate surface area is 136 Å². The molecule has 3 rings (SSSR count). The number of aromatic nitrogens is 1. The molecule has 1 N–H and O–H groups in total. The maximum Gasteiger partial charge on any atom is 0.276 e. The summed E-state index contributed by atoms with van der Waals surface area (Å²) in [6.07, 6.45) is 0. The molecule has 1 aromatic carbocycles. The van der Waals surface area contributed by atoms with Crippen LogP contribution in [-0.4, -0.2) is 41.5 Å². The molecule has 1 aliphatic heterocycles. The highest BCUT2D eigenvalue weighted by atomic mass is 35.5. The molecule has 0 saturated carbocycles. The summed E-state index contributed by atoms with van der Waals surface area (Å²) in [7, 11) is 0. The molecule has 0 unspecified atom stereocenters. The number of hydrogen-bond acceptors (Lipinski definition) is 4. The molecule has 118 valence electrons. The van der Waals surface area contributed by atoms with Crippen LogP contribution < -0.4 is 5.32 Å². The van der Waals surface area contributed by atoms with Crippen LogP contribution in [0.4, 0.5) is 0 Å². The second kappa shape index (κ2) is 6.94. The van der Waals surface area contributed by atoms with Gasteiger partial charge >= 0.3 is 0 Å². The maximum atomic E-state index is 12.7. The number of oxazole rings is 1. The van der Waals surface area contributed by atoms with Gasteiger partial charge in [0, 0.05) is 31.2 Å². The van der Waals surface area contributed by atoms with E-state index in [0.29, 0.717) is 23.9 Å². The Balaban J connectivity index is 0.00000176. The van der Waals surface area contributed by atoms with Crippen molar-refractivity contribution in [1.29, 1.82) is 0 Å². The summed E-state index contributed by atoms with van der Waals surface area (Å²) < 4.78 is 5.67. The number of rotatable bonds is 2. The first-order chi connectivity index (χ1) is 10.2.